The molecule has 0 aliphatic carbocycles. The minimum atomic E-state index is 0.0822. The van der Waals surface area contributed by atoms with Crippen LogP contribution in [0.25, 0.3) is 0 Å². The lowest BCUT2D eigenvalue weighted by molar-refractivity contribution is -0.132. The standard InChI is InChI=1S/C23H29NO2/c1-18(2)26-21-13-11-20(12-14-21)22(19-9-5-3-6-10-19)17-23(25)24-15-7-4-8-16-24/h3,5-6,9-14,18,22H,4,7-8,15-17H2,1-2H3/t22-/m1/s1. The van der Waals surface area contributed by atoms with Crippen molar-refractivity contribution in [1.82, 2.24) is 4.90 Å². The first-order chi connectivity index (χ1) is 12.6. The van der Waals surface area contributed by atoms with Crippen molar-refractivity contribution in [3.63, 3.8) is 0 Å². The molecule has 0 bridgehead atoms. The van der Waals surface area contributed by atoms with Gasteiger partial charge in [0.2, 0.25) is 5.91 Å². The quantitative estimate of drug-likeness (QED) is 0.732. The van der Waals surface area contributed by atoms with Crippen molar-refractivity contribution in [3.8, 4) is 5.75 Å². The fourth-order valence-electron chi connectivity index (χ4n) is 3.61. The first-order valence-electron chi connectivity index (χ1n) is 9.73. The van der Waals surface area contributed by atoms with Gasteiger partial charge in [-0.05, 0) is 56.4 Å². The highest BCUT2D eigenvalue weighted by molar-refractivity contribution is 5.78. The topological polar surface area (TPSA) is 29.5 Å². The maximum absolute atomic E-state index is 12.9. The van der Waals surface area contributed by atoms with Crippen LogP contribution in [0.15, 0.2) is 54.6 Å². The molecule has 1 atom stereocenters. The van der Waals surface area contributed by atoms with E-state index in [4.69, 9.17) is 4.74 Å². The van der Waals surface area contributed by atoms with E-state index in [1.165, 1.54) is 12.0 Å². The van der Waals surface area contributed by atoms with Gasteiger partial charge in [0.25, 0.3) is 0 Å². The number of nitrogens with zero attached hydrogens (tertiary/aromatic N) is 1. The molecule has 0 N–H and O–H groups in total. The predicted octanol–water partition coefficient (Wildman–Crippen LogP) is 5.01. The van der Waals surface area contributed by atoms with Crippen LogP contribution < -0.4 is 4.74 Å². The molecule has 1 fully saturated rings. The summed E-state index contributed by atoms with van der Waals surface area (Å²) in [7, 11) is 0. The summed E-state index contributed by atoms with van der Waals surface area (Å²) in [6.07, 6.45) is 4.18. The molecule has 1 aliphatic heterocycles. The first-order valence-corrected chi connectivity index (χ1v) is 9.73. The highest BCUT2D eigenvalue weighted by Crippen LogP contribution is 2.30. The Morgan fingerprint density at radius 3 is 2.15 bits per heavy atom. The second kappa shape index (κ2) is 8.88. The number of rotatable bonds is 6. The average Bonchev–Trinajstić information content (AvgIpc) is 2.67. The van der Waals surface area contributed by atoms with Crippen molar-refractivity contribution in [1.29, 1.82) is 0 Å². The van der Waals surface area contributed by atoms with E-state index in [9.17, 15) is 4.79 Å². The monoisotopic (exact) mass is 351 g/mol. The number of benzene rings is 2. The summed E-state index contributed by atoms with van der Waals surface area (Å²) in [5.41, 5.74) is 2.35. The van der Waals surface area contributed by atoms with Crippen LogP contribution in [0.3, 0.4) is 0 Å². The number of carbonyl (C=O) groups is 1. The summed E-state index contributed by atoms with van der Waals surface area (Å²) in [5.74, 6) is 1.22. The van der Waals surface area contributed by atoms with Crippen LogP contribution in [0.5, 0.6) is 5.75 Å². The Morgan fingerprint density at radius 2 is 1.54 bits per heavy atom. The summed E-state index contributed by atoms with van der Waals surface area (Å²) in [6.45, 7) is 5.86. The molecule has 2 aromatic carbocycles. The van der Waals surface area contributed by atoms with Crippen molar-refractivity contribution < 1.29 is 9.53 Å². The van der Waals surface area contributed by atoms with Crippen molar-refractivity contribution in [3.05, 3.63) is 65.7 Å². The normalized spacial score (nSPS) is 15.7. The molecule has 1 aliphatic rings. The maximum atomic E-state index is 12.9. The molecule has 3 rings (SSSR count). The van der Waals surface area contributed by atoms with Gasteiger partial charge in [-0.1, -0.05) is 42.5 Å². The van der Waals surface area contributed by atoms with E-state index in [-0.39, 0.29) is 17.9 Å². The van der Waals surface area contributed by atoms with E-state index < -0.39 is 0 Å². The van der Waals surface area contributed by atoms with Gasteiger partial charge in [0, 0.05) is 25.4 Å². The largest absolute Gasteiger partial charge is 0.491 e. The lowest BCUT2D eigenvalue weighted by Gasteiger charge is -2.29. The van der Waals surface area contributed by atoms with Crippen LogP contribution in [0.4, 0.5) is 0 Å². The molecule has 3 nitrogen and oxygen atoms in total. The van der Waals surface area contributed by atoms with Crippen molar-refractivity contribution in [2.45, 2.75) is 51.6 Å². The average molecular weight is 351 g/mol. The lowest BCUT2D eigenvalue weighted by Crippen LogP contribution is -2.36. The summed E-state index contributed by atoms with van der Waals surface area (Å²) >= 11 is 0. The number of hydrogen-bond donors (Lipinski definition) is 0. The van der Waals surface area contributed by atoms with Crippen molar-refractivity contribution >= 4 is 5.91 Å². The van der Waals surface area contributed by atoms with Crippen molar-refractivity contribution in [2.24, 2.45) is 0 Å². The van der Waals surface area contributed by atoms with Gasteiger partial charge in [-0.25, -0.2) is 0 Å². The van der Waals surface area contributed by atoms with E-state index in [0.717, 1.165) is 37.2 Å². The Hall–Kier alpha value is -2.29. The van der Waals surface area contributed by atoms with E-state index in [2.05, 4.69) is 24.3 Å². The van der Waals surface area contributed by atoms with Crippen molar-refractivity contribution in [2.75, 3.05) is 13.1 Å². The van der Waals surface area contributed by atoms with Gasteiger partial charge in [-0.3, -0.25) is 4.79 Å². The molecule has 0 spiro atoms. The molecular weight excluding hydrogens is 322 g/mol. The molecule has 26 heavy (non-hydrogen) atoms. The van der Waals surface area contributed by atoms with Crippen LogP contribution in [-0.2, 0) is 4.79 Å². The van der Waals surface area contributed by atoms with E-state index in [1.54, 1.807) is 0 Å². The molecule has 0 unspecified atom stereocenters. The van der Waals surface area contributed by atoms with E-state index in [1.807, 2.05) is 49.1 Å². The van der Waals surface area contributed by atoms with Crippen LogP contribution in [-0.4, -0.2) is 30.0 Å². The van der Waals surface area contributed by atoms with Crippen LogP contribution in [0.1, 0.15) is 56.6 Å². The van der Waals surface area contributed by atoms with Crippen LogP contribution in [0, 0.1) is 0 Å². The Balaban J connectivity index is 1.80. The lowest BCUT2D eigenvalue weighted by atomic mass is 9.88. The van der Waals surface area contributed by atoms with Gasteiger partial charge in [0.1, 0.15) is 5.75 Å². The molecular formula is C23H29NO2. The number of ether oxygens (including phenoxy) is 1. The molecule has 138 valence electrons. The Morgan fingerprint density at radius 1 is 0.923 bits per heavy atom. The fraction of sp³-hybridized carbons (Fsp3) is 0.435. The SMILES string of the molecule is CC(C)Oc1ccc([C@H](CC(=O)N2CCCCC2)c2ccccc2)cc1. The second-order valence-corrected chi connectivity index (χ2v) is 7.34. The maximum Gasteiger partial charge on any atom is 0.223 e. The Kier molecular flexibility index (Phi) is 6.32. The van der Waals surface area contributed by atoms with Gasteiger partial charge in [0.15, 0.2) is 0 Å². The summed E-state index contributed by atoms with van der Waals surface area (Å²) in [6, 6.07) is 18.6. The van der Waals surface area contributed by atoms with Gasteiger partial charge < -0.3 is 9.64 Å². The third-order valence-corrected chi connectivity index (χ3v) is 4.94. The van der Waals surface area contributed by atoms with Gasteiger partial charge in [-0.15, -0.1) is 0 Å². The molecule has 3 heteroatoms. The summed E-state index contributed by atoms with van der Waals surface area (Å²) in [5, 5.41) is 0. The molecule has 0 radical (unpaired) electrons. The zero-order chi connectivity index (χ0) is 18.4. The molecule has 1 heterocycles. The first kappa shape index (κ1) is 18.5. The zero-order valence-electron chi connectivity index (χ0n) is 15.9. The number of piperidine rings is 1. The summed E-state index contributed by atoms with van der Waals surface area (Å²) < 4.78 is 5.76. The fourth-order valence-corrected chi connectivity index (χ4v) is 3.61. The Bertz CT molecular complexity index is 688. The number of hydrogen-bond acceptors (Lipinski definition) is 2. The van der Waals surface area contributed by atoms with Gasteiger partial charge in [0.05, 0.1) is 6.10 Å². The van der Waals surface area contributed by atoms with E-state index >= 15 is 0 Å². The molecule has 1 saturated heterocycles. The minimum Gasteiger partial charge on any atom is -0.491 e. The molecule has 0 aromatic heterocycles. The predicted molar refractivity (Wildman–Crippen MR) is 106 cm³/mol. The van der Waals surface area contributed by atoms with Crippen LogP contribution >= 0.6 is 0 Å². The molecule has 1 amide bonds. The van der Waals surface area contributed by atoms with Crippen LogP contribution in [0.2, 0.25) is 0 Å². The second-order valence-electron chi connectivity index (χ2n) is 7.34. The number of carbonyl (C=O) groups excluding carboxylic acids is 1. The highest BCUT2D eigenvalue weighted by atomic mass is 16.5. The third-order valence-electron chi connectivity index (χ3n) is 4.94. The van der Waals surface area contributed by atoms with Gasteiger partial charge >= 0.3 is 0 Å². The minimum absolute atomic E-state index is 0.0822. The van der Waals surface area contributed by atoms with E-state index in [0.29, 0.717) is 6.42 Å². The molecule has 0 saturated carbocycles. The molecule has 2 aromatic rings. The summed E-state index contributed by atoms with van der Waals surface area (Å²) in [4.78, 5) is 14.9. The third kappa shape index (κ3) is 4.87. The number of likely N-dealkylation sites (tertiary alicyclic amines) is 1. The zero-order valence-corrected chi connectivity index (χ0v) is 15.9. The highest BCUT2D eigenvalue weighted by Gasteiger charge is 2.23. The smallest absolute Gasteiger partial charge is 0.223 e. The number of amides is 1. The van der Waals surface area contributed by atoms with Gasteiger partial charge in [-0.2, -0.15) is 0 Å². The Labute approximate surface area is 157 Å².